The fourth-order valence-electron chi connectivity index (χ4n) is 3.89. The van der Waals surface area contributed by atoms with Gasteiger partial charge < -0.3 is 4.74 Å². The van der Waals surface area contributed by atoms with Crippen molar-refractivity contribution in [2.24, 2.45) is 5.92 Å². The molecule has 3 heterocycles. The molecule has 1 aromatic heterocycles. The number of fused-ring (bicyclic) bond motifs is 1. The summed E-state index contributed by atoms with van der Waals surface area (Å²) in [6.45, 7) is 8.21. The summed E-state index contributed by atoms with van der Waals surface area (Å²) in [6, 6.07) is 0.172. The summed E-state index contributed by atoms with van der Waals surface area (Å²) in [5.74, 6) is 1.74. The van der Waals surface area contributed by atoms with Gasteiger partial charge in [-0.1, -0.05) is 13.8 Å². The summed E-state index contributed by atoms with van der Waals surface area (Å²) in [5.41, 5.74) is 1.01. The van der Waals surface area contributed by atoms with E-state index in [-0.39, 0.29) is 23.6 Å². The maximum absolute atomic E-state index is 12.3. The largest absolute Gasteiger partial charge is 0.377 e. The fraction of sp³-hybridized carbons (Fsp3) is 0.765. The van der Waals surface area contributed by atoms with Gasteiger partial charge in [0.1, 0.15) is 6.61 Å². The predicted octanol–water partition coefficient (Wildman–Crippen LogP) is 0.562. The van der Waals surface area contributed by atoms with E-state index in [1.54, 1.807) is 7.11 Å². The highest BCUT2D eigenvalue weighted by atomic mass is 32.2. The van der Waals surface area contributed by atoms with Crippen molar-refractivity contribution < 1.29 is 13.2 Å². The number of hydrogen-bond donors (Lipinski definition) is 0. The zero-order chi connectivity index (χ0) is 18.0. The van der Waals surface area contributed by atoms with E-state index in [4.69, 9.17) is 4.74 Å². The van der Waals surface area contributed by atoms with Crippen molar-refractivity contribution in [3.05, 3.63) is 23.8 Å². The highest BCUT2D eigenvalue weighted by Gasteiger charge is 2.46. The van der Waals surface area contributed by atoms with Crippen molar-refractivity contribution in [2.45, 2.75) is 39.1 Å². The number of hydrogen-bond acceptors (Lipinski definition) is 7. The van der Waals surface area contributed by atoms with Gasteiger partial charge in [0.2, 0.25) is 0 Å². The van der Waals surface area contributed by atoms with Crippen molar-refractivity contribution in [1.82, 2.24) is 19.8 Å². The Morgan fingerprint density at radius 2 is 1.76 bits per heavy atom. The lowest BCUT2D eigenvalue weighted by molar-refractivity contribution is 0.0336. The molecule has 140 valence electrons. The maximum Gasteiger partial charge on any atom is 0.153 e. The van der Waals surface area contributed by atoms with Gasteiger partial charge in [-0.05, 0) is 5.92 Å². The molecule has 8 heteroatoms. The molecule has 0 aromatic carbocycles. The lowest BCUT2D eigenvalue weighted by Gasteiger charge is -2.44. The van der Waals surface area contributed by atoms with E-state index >= 15 is 0 Å². The summed E-state index contributed by atoms with van der Waals surface area (Å²) in [5, 5.41) is 0. The highest BCUT2D eigenvalue weighted by Crippen LogP contribution is 2.28. The Morgan fingerprint density at radius 1 is 1.16 bits per heavy atom. The average molecular weight is 369 g/mol. The molecule has 0 saturated carbocycles. The van der Waals surface area contributed by atoms with Crippen molar-refractivity contribution in [3.8, 4) is 0 Å². The van der Waals surface area contributed by atoms with Gasteiger partial charge in [-0.3, -0.25) is 9.80 Å². The summed E-state index contributed by atoms with van der Waals surface area (Å²) < 4.78 is 29.5. The monoisotopic (exact) mass is 368 g/mol. The van der Waals surface area contributed by atoms with Crippen LogP contribution in [0.3, 0.4) is 0 Å². The van der Waals surface area contributed by atoms with E-state index in [0.717, 1.165) is 25.2 Å². The van der Waals surface area contributed by atoms with Crippen LogP contribution in [0.15, 0.2) is 12.4 Å². The van der Waals surface area contributed by atoms with Crippen LogP contribution in [0.25, 0.3) is 0 Å². The first-order chi connectivity index (χ1) is 11.9. The third-order valence-electron chi connectivity index (χ3n) is 4.92. The lowest BCUT2D eigenvalue weighted by atomic mass is 10.0. The molecule has 0 N–H and O–H groups in total. The number of piperazine rings is 1. The first kappa shape index (κ1) is 18.7. The molecule has 2 atom stereocenters. The molecule has 0 amide bonds. The molecule has 2 saturated heterocycles. The first-order valence-corrected chi connectivity index (χ1v) is 10.7. The van der Waals surface area contributed by atoms with Gasteiger partial charge in [0, 0.05) is 63.3 Å². The number of rotatable bonds is 6. The second-order valence-corrected chi connectivity index (χ2v) is 9.67. The zero-order valence-corrected chi connectivity index (χ0v) is 16.1. The van der Waals surface area contributed by atoms with Gasteiger partial charge in [0.25, 0.3) is 0 Å². The number of sulfone groups is 1. The van der Waals surface area contributed by atoms with Crippen LogP contribution < -0.4 is 0 Å². The fourth-order valence-corrected chi connectivity index (χ4v) is 5.93. The van der Waals surface area contributed by atoms with Gasteiger partial charge in [-0.25, -0.2) is 18.4 Å². The zero-order valence-electron chi connectivity index (χ0n) is 15.3. The molecule has 0 bridgehead atoms. The summed E-state index contributed by atoms with van der Waals surface area (Å²) in [6.07, 6.45) is 3.64. The van der Waals surface area contributed by atoms with Crippen LogP contribution in [-0.4, -0.2) is 78.5 Å². The predicted molar refractivity (Wildman–Crippen MR) is 95.8 cm³/mol. The van der Waals surface area contributed by atoms with Gasteiger partial charge in [-0.2, -0.15) is 0 Å². The van der Waals surface area contributed by atoms with E-state index in [0.29, 0.717) is 24.9 Å². The highest BCUT2D eigenvalue weighted by molar-refractivity contribution is 7.91. The van der Waals surface area contributed by atoms with Crippen LogP contribution in [0.4, 0.5) is 0 Å². The van der Waals surface area contributed by atoms with Crippen molar-refractivity contribution in [3.63, 3.8) is 0 Å². The molecule has 2 aliphatic rings. The second-order valence-electron chi connectivity index (χ2n) is 7.51. The summed E-state index contributed by atoms with van der Waals surface area (Å²) in [7, 11) is -1.35. The van der Waals surface area contributed by atoms with Gasteiger partial charge in [0.15, 0.2) is 15.7 Å². The molecule has 0 unspecified atom stereocenters. The van der Waals surface area contributed by atoms with Crippen molar-refractivity contribution >= 4 is 9.84 Å². The molecular weight excluding hydrogens is 340 g/mol. The minimum atomic E-state index is -2.97. The number of aromatic nitrogens is 2. The van der Waals surface area contributed by atoms with Crippen LogP contribution in [0.1, 0.15) is 25.2 Å². The standard InChI is InChI=1S/C17H28N4O3S/c1-13(2)8-20-4-5-21(16-12-25(22,23)11-15(16)20)9-14-6-18-17(10-24-3)19-7-14/h6-7,13,15-16H,4-5,8-12H2,1-3H3/t15-,16+/m0/s1. The quantitative estimate of drug-likeness (QED) is 0.726. The number of ether oxygens (including phenoxy) is 1. The molecule has 3 rings (SSSR count). The minimum Gasteiger partial charge on any atom is -0.377 e. The molecule has 2 aliphatic heterocycles. The van der Waals surface area contributed by atoms with Crippen molar-refractivity contribution in [1.29, 1.82) is 0 Å². The first-order valence-electron chi connectivity index (χ1n) is 8.85. The Balaban J connectivity index is 1.72. The molecular formula is C17H28N4O3S. The minimum absolute atomic E-state index is 0.0659. The second kappa shape index (κ2) is 7.65. The van der Waals surface area contributed by atoms with Crippen LogP contribution in [0, 0.1) is 5.92 Å². The van der Waals surface area contributed by atoms with E-state index in [9.17, 15) is 8.42 Å². The Hall–Kier alpha value is -1.09. The van der Waals surface area contributed by atoms with Crippen LogP contribution >= 0.6 is 0 Å². The van der Waals surface area contributed by atoms with Gasteiger partial charge >= 0.3 is 0 Å². The van der Waals surface area contributed by atoms with Crippen LogP contribution in [-0.2, 0) is 27.7 Å². The third-order valence-corrected chi connectivity index (χ3v) is 6.62. The van der Waals surface area contributed by atoms with E-state index in [1.807, 2.05) is 12.4 Å². The summed E-state index contributed by atoms with van der Waals surface area (Å²) in [4.78, 5) is 13.3. The van der Waals surface area contributed by atoms with E-state index in [2.05, 4.69) is 33.6 Å². The number of methoxy groups -OCH3 is 1. The molecule has 0 spiro atoms. The van der Waals surface area contributed by atoms with E-state index in [1.165, 1.54) is 0 Å². The topological polar surface area (TPSA) is 75.6 Å². The van der Waals surface area contributed by atoms with Gasteiger partial charge in [0.05, 0.1) is 11.5 Å². The Morgan fingerprint density at radius 3 is 2.36 bits per heavy atom. The smallest absolute Gasteiger partial charge is 0.153 e. The molecule has 2 fully saturated rings. The normalized spacial score (nSPS) is 26.9. The molecule has 25 heavy (non-hydrogen) atoms. The lowest BCUT2D eigenvalue weighted by Crippen LogP contribution is -2.59. The summed E-state index contributed by atoms with van der Waals surface area (Å²) >= 11 is 0. The van der Waals surface area contributed by atoms with Gasteiger partial charge in [-0.15, -0.1) is 0 Å². The Bertz CT molecular complexity index is 678. The molecule has 0 aliphatic carbocycles. The van der Waals surface area contributed by atoms with Crippen molar-refractivity contribution in [2.75, 3.05) is 38.2 Å². The SMILES string of the molecule is COCc1ncc(CN2CCN(CC(C)C)[C@H]3CS(=O)(=O)C[C@H]32)cn1. The number of nitrogens with zero attached hydrogens (tertiary/aromatic N) is 4. The average Bonchev–Trinajstić information content (AvgIpc) is 2.87. The van der Waals surface area contributed by atoms with Crippen LogP contribution in [0.5, 0.6) is 0 Å². The Kier molecular flexibility index (Phi) is 5.72. The van der Waals surface area contributed by atoms with Crippen LogP contribution in [0.2, 0.25) is 0 Å². The molecule has 7 nitrogen and oxygen atoms in total. The molecule has 1 aromatic rings. The van der Waals surface area contributed by atoms with E-state index < -0.39 is 9.84 Å². The third kappa shape index (κ3) is 4.55. The Labute approximate surface area is 150 Å². The maximum atomic E-state index is 12.3. The molecule has 0 radical (unpaired) electrons.